The molecular weight excluding hydrogens is 275 g/mol. The van der Waals surface area contributed by atoms with Gasteiger partial charge in [0.1, 0.15) is 5.75 Å². The summed E-state index contributed by atoms with van der Waals surface area (Å²) in [6.07, 6.45) is -4.81. The fourth-order valence-corrected chi connectivity index (χ4v) is 2.33. The third-order valence-corrected chi connectivity index (χ3v) is 3.37. The number of hydrogen-bond donors (Lipinski definition) is 2. The summed E-state index contributed by atoms with van der Waals surface area (Å²) in [5, 5.41) is 19.1. The van der Waals surface area contributed by atoms with Crippen molar-refractivity contribution in [3.8, 4) is 5.75 Å². The van der Waals surface area contributed by atoms with Crippen LogP contribution in [0.25, 0.3) is 0 Å². The van der Waals surface area contributed by atoms with E-state index in [1.54, 1.807) is 6.92 Å². The number of halogens is 3. The van der Waals surface area contributed by atoms with Crippen molar-refractivity contribution in [3.63, 3.8) is 0 Å². The fraction of sp³-hybridized carbons (Fsp3) is 0.462. The number of aliphatic hydroxyl groups is 1. The fourth-order valence-electron chi connectivity index (χ4n) is 2.33. The van der Waals surface area contributed by atoms with Crippen molar-refractivity contribution < 1.29 is 28.2 Å². The predicted molar refractivity (Wildman–Crippen MR) is 64.2 cm³/mol. The Bertz CT molecular complexity index is 530. The van der Waals surface area contributed by atoms with E-state index < -0.39 is 29.5 Å². The molecule has 7 heteroatoms. The lowest BCUT2D eigenvalue weighted by atomic mass is 10.1. The third kappa shape index (κ3) is 2.72. The molecule has 0 aromatic heterocycles. The summed E-state index contributed by atoms with van der Waals surface area (Å²) < 4.78 is 37.4. The van der Waals surface area contributed by atoms with Gasteiger partial charge >= 0.3 is 6.18 Å². The molecule has 1 aromatic rings. The van der Waals surface area contributed by atoms with Crippen molar-refractivity contribution in [1.82, 2.24) is 4.90 Å². The van der Waals surface area contributed by atoms with Gasteiger partial charge in [0, 0.05) is 12.6 Å². The number of carbonyl (C=O) groups is 1. The molecular formula is C13H14F3NO3. The maximum atomic E-state index is 12.5. The second-order valence-corrected chi connectivity index (χ2v) is 4.93. The van der Waals surface area contributed by atoms with Crippen LogP contribution in [-0.2, 0) is 6.18 Å². The topological polar surface area (TPSA) is 60.8 Å². The lowest BCUT2D eigenvalue weighted by Crippen LogP contribution is -2.34. The van der Waals surface area contributed by atoms with Crippen LogP contribution in [0.4, 0.5) is 13.2 Å². The molecule has 0 unspecified atom stereocenters. The molecule has 0 spiro atoms. The summed E-state index contributed by atoms with van der Waals surface area (Å²) in [4.78, 5) is 13.5. The molecule has 1 amide bonds. The van der Waals surface area contributed by atoms with E-state index in [1.165, 1.54) is 4.90 Å². The zero-order valence-corrected chi connectivity index (χ0v) is 10.7. The molecule has 20 heavy (non-hydrogen) atoms. The molecule has 0 radical (unpaired) electrons. The van der Waals surface area contributed by atoms with Crippen LogP contribution in [0.2, 0.25) is 0 Å². The number of alkyl halides is 3. The van der Waals surface area contributed by atoms with Gasteiger partial charge in [-0.2, -0.15) is 13.2 Å². The van der Waals surface area contributed by atoms with Crippen molar-refractivity contribution in [3.05, 3.63) is 29.3 Å². The molecule has 4 nitrogen and oxygen atoms in total. The number of amides is 1. The van der Waals surface area contributed by atoms with Crippen molar-refractivity contribution >= 4 is 5.91 Å². The monoisotopic (exact) mass is 289 g/mol. The first-order valence-corrected chi connectivity index (χ1v) is 6.09. The second-order valence-electron chi connectivity index (χ2n) is 4.93. The molecule has 0 saturated carbocycles. The standard InChI is InChI=1S/C13H14F3NO3/c1-7-4-9(18)6-17(7)12(20)10-3-2-8(5-11(10)19)13(14,15)16/h2-3,5,7,9,18-19H,4,6H2,1H3/t7-,9+/m1/s1. The zero-order valence-electron chi connectivity index (χ0n) is 10.7. The predicted octanol–water partition coefficient (Wildman–Crippen LogP) is 2.01. The van der Waals surface area contributed by atoms with Crippen LogP contribution >= 0.6 is 0 Å². The van der Waals surface area contributed by atoms with Gasteiger partial charge in [-0.05, 0) is 31.5 Å². The Kier molecular flexibility index (Phi) is 3.64. The summed E-state index contributed by atoms with van der Waals surface area (Å²) in [5.74, 6) is -1.29. The van der Waals surface area contributed by atoms with Gasteiger partial charge in [-0.3, -0.25) is 4.79 Å². The number of phenols is 1. The van der Waals surface area contributed by atoms with Crippen LogP contribution in [0.15, 0.2) is 18.2 Å². The number of carbonyl (C=O) groups excluding carboxylic acids is 1. The van der Waals surface area contributed by atoms with E-state index in [-0.39, 0.29) is 18.2 Å². The Morgan fingerprint density at radius 1 is 1.40 bits per heavy atom. The van der Waals surface area contributed by atoms with E-state index in [1.807, 2.05) is 0 Å². The summed E-state index contributed by atoms with van der Waals surface area (Å²) in [6, 6.07) is 2.02. The molecule has 2 atom stereocenters. The van der Waals surface area contributed by atoms with Crippen LogP contribution in [0.5, 0.6) is 5.75 Å². The molecule has 1 fully saturated rings. The maximum absolute atomic E-state index is 12.5. The van der Waals surface area contributed by atoms with Crippen LogP contribution in [0.3, 0.4) is 0 Å². The van der Waals surface area contributed by atoms with Crippen LogP contribution in [0, 0.1) is 0 Å². The highest BCUT2D eigenvalue weighted by molar-refractivity contribution is 5.97. The third-order valence-electron chi connectivity index (χ3n) is 3.37. The first kappa shape index (κ1) is 14.6. The van der Waals surface area contributed by atoms with Crippen LogP contribution < -0.4 is 0 Å². The number of hydrogen-bond acceptors (Lipinski definition) is 3. The average Bonchev–Trinajstić information content (AvgIpc) is 2.66. The normalized spacial score (nSPS) is 23.1. The number of nitrogens with zero attached hydrogens (tertiary/aromatic N) is 1. The first-order valence-electron chi connectivity index (χ1n) is 6.09. The van der Waals surface area contributed by atoms with Gasteiger partial charge in [-0.25, -0.2) is 0 Å². The highest BCUT2D eigenvalue weighted by Crippen LogP contribution is 2.33. The van der Waals surface area contributed by atoms with E-state index >= 15 is 0 Å². The summed E-state index contributed by atoms with van der Waals surface area (Å²) in [7, 11) is 0. The number of likely N-dealkylation sites (tertiary alicyclic amines) is 1. The second kappa shape index (κ2) is 4.97. The minimum atomic E-state index is -4.57. The number of phenolic OH excluding ortho intramolecular Hbond substituents is 1. The highest BCUT2D eigenvalue weighted by Gasteiger charge is 2.35. The number of rotatable bonds is 1. The molecule has 1 aromatic carbocycles. The van der Waals surface area contributed by atoms with Gasteiger partial charge in [-0.15, -0.1) is 0 Å². The van der Waals surface area contributed by atoms with Crippen molar-refractivity contribution in [1.29, 1.82) is 0 Å². The lowest BCUT2D eigenvalue weighted by molar-refractivity contribution is -0.137. The minimum Gasteiger partial charge on any atom is -0.507 e. The maximum Gasteiger partial charge on any atom is 0.416 e. The van der Waals surface area contributed by atoms with Crippen molar-refractivity contribution in [2.24, 2.45) is 0 Å². The average molecular weight is 289 g/mol. The molecule has 1 aliphatic rings. The lowest BCUT2D eigenvalue weighted by Gasteiger charge is -2.22. The number of aliphatic hydroxyl groups excluding tert-OH is 1. The van der Waals surface area contributed by atoms with Crippen molar-refractivity contribution in [2.75, 3.05) is 6.54 Å². The molecule has 0 bridgehead atoms. The SMILES string of the molecule is C[C@@H]1C[C@H](O)CN1C(=O)c1ccc(C(F)(F)F)cc1O. The van der Waals surface area contributed by atoms with E-state index in [2.05, 4.69) is 0 Å². The molecule has 0 aliphatic carbocycles. The van der Waals surface area contributed by atoms with E-state index in [0.717, 1.165) is 12.1 Å². The molecule has 2 N–H and O–H groups in total. The largest absolute Gasteiger partial charge is 0.507 e. The van der Waals surface area contributed by atoms with Crippen LogP contribution in [-0.4, -0.2) is 39.7 Å². The summed E-state index contributed by atoms with van der Waals surface area (Å²) >= 11 is 0. The van der Waals surface area contributed by atoms with Gasteiger partial charge in [-0.1, -0.05) is 0 Å². The summed E-state index contributed by atoms with van der Waals surface area (Å²) in [6.45, 7) is 1.84. The van der Waals surface area contributed by atoms with Crippen LogP contribution in [0.1, 0.15) is 29.3 Å². The number of β-amino-alcohol motifs (C(OH)–C–C–N with tert-alkyl or cyclic N) is 1. The molecule has 1 heterocycles. The van der Waals surface area contributed by atoms with Gasteiger partial charge in [0.15, 0.2) is 0 Å². The molecule has 1 saturated heterocycles. The Balaban J connectivity index is 2.28. The van der Waals surface area contributed by atoms with E-state index in [4.69, 9.17) is 0 Å². The highest BCUT2D eigenvalue weighted by atomic mass is 19.4. The number of aromatic hydroxyl groups is 1. The van der Waals surface area contributed by atoms with Gasteiger partial charge < -0.3 is 15.1 Å². The van der Waals surface area contributed by atoms with E-state index in [0.29, 0.717) is 12.5 Å². The van der Waals surface area contributed by atoms with Gasteiger partial charge in [0.2, 0.25) is 0 Å². The summed E-state index contributed by atoms with van der Waals surface area (Å²) in [5.41, 5.74) is -1.21. The van der Waals surface area contributed by atoms with Gasteiger partial charge in [0.25, 0.3) is 5.91 Å². The Morgan fingerprint density at radius 3 is 2.50 bits per heavy atom. The Hall–Kier alpha value is -1.76. The van der Waals surface area contributed by atoms with Gasteiger partial charge in [0.05, 0.1) is 17.2 Å². The molecule has 110 valence electrons. The minimum absolute atomic E-state index is 0.112. The first-order chi connectivity index (χ1) is 9.20. The Morgan fingerprint density at radius 2 is 2.05 bits per heavy atom. The quantitative estimate of drug-likeness (QED) is 0.831. The van der Waals surface area contributed by atoms with E-state index in [9.17, 15) is 28.2 Å². The zero-order chi connectivity index (χ0) is 15.1. The molecule has 2 rings (SSSR count). The smallest absolute Gasteiger partial charge is 0.416 e. The number of benzene rings is 1. The Labute approximate surface area is 113 Å². The molecule has 1 aliphatic heterocycles. The van der Waals surface area contributed by atoms with Crippen molar-refractivity contribution in [2.45, 2.75) is 31.7 Å².